The maximum absolute atomic E-state index is 12.7. The second-order valence-corrected chi connectivity index (χ2v) is 8.21. The maximum Gasteiger partial charge on any atom is 0.262 e. The second kappa shape index (κ2) is 8.14. The van der Waals surface area contributed by atoms with Crippen LogP contribution < -0.4 is 5.56 Å². The van der Waals surface area contributed by atoms with Gasteiger partial charge in [-0.15, -0.1) is 22.7 Å². The van der Waals surface area contributed by atoms with Crippen LogP contribution >= 0.6 is 22.7 Å². The summed E-state index contributed by atoms with van der Waals surface area (Å²) in [6, 6.07) is 15.8. The first-order valence-corrected chi connectivity index (χ1v) is 10.2. The lowest BCUT2D eigenvalue weighted by molar-refractivity contribution is 0.0207. The molecule has 0 amide bonds. The average molecular weight is 399 g/mol. The molecule has 7 heteroatoms. The molecule has 4 rings (SSSR count). The van der Waals surface area contributed by atoms with Gasteiger partial charge in [0.15, 0.2) is 0 Å². The Morgan fingerprint density at radius 3 is 2.81 bits per heavy atom. The summed E-state index contributed by atoms with van der Waals surface area (Å²) in [5.41, 5.74) is 0.921. The molecule has 0 aliphatic heterocycles. The van der Waals surface area contributed by atoms with Crippen molar-refractivity contribution in [2.75, 3.05) is 6.61 Å². The number of hydrogen-bond donors (Lipinski definition) is 1. The van der Waals surface area contributed by atoms with Crippen molar-refractivity contribution >= 4 is 32.9 Å². The van der Waals surface area contributed by atoms with Crippen LogP contribution in [-0.2, 0) is 17.9 Å². The Morgan fingerprint density at radius 1 is 1.19 bits per heavy atom. The number of fused-ring (bicyclic) bond motifs is 1. The van der Waals surface area contributed by atoms with Gasteiger partial charge >= 0.3 is 0 Å². The lowest BCUT2D eigenvalue weighted by atomic mass is 10.2. The Labute approximate surface area is 164 Å². The van der Waals surface area contributed by atoms with E-state index < -0.39 is 6.10 Å². The number of hydrogen-bond acceptors (Lipinski definition) is 6. The molecule has 0 aliphatic carbocycles. The predicted octanol–water partition coefficient (Wildman–Crippen LogP) is 3.76. The molecule has 1 atom stereocenters. The van der Waals surface area contributed by atoms with Gasteiger partial charge < -0.3 is 9.84 Å². The normalized spacial score (nSPS) is 12.5. The molecule has 1 unspecified atom stereocenters. The molecule has 1 aromatic carbocycles. The molecule has 27 heavy (non-hydrogen) atoms. The molecule has 0 saturated carbocycles. The fourth-order valence-electron chi connectivity index (χ4n) is 2.80. The van der Waals surface area contributed by atoms with Crippen LogP contribution in [-0.4, -0.2) is 27.4 Å². The average Bonchev–Trinajstić information content (AvgIpc) is 3.35. The molecular weight excluding hydrogens is 380 g/mol. The Bertz CT molecular complexity index is 1070. The number of ether oxygens (including phenoxy) is 1. The van der Waals surface area contributed by atoms with Gasteiger partial charge in [-0.1, -0.05) is 36.4 Å². The molecule has 0 radical (unpaired) electrons. The first-order valence-electron chi connectivity index (χ1n) is 8.53. The molecule has 138 valence electrons. The van der Waals surface area contributed by atoms with Gasteiger partial charge in [0.2, 0.25) is 0 Å². The van der Waals surface area contributed by atoms with E-state index in [1.54, 1.807) is 11.3 Å². The van der Waals surface area contributed by atoms with Crippen LogP contribution in [0, 0.1) is 0 Å². The van der Waals surface area contributed by atoms with E-state index in [2.05, 4.69) is 4.98 Å². The molecule has 3 heterocycles. The fraction of sp³-hybridized carbons (Fsp3) is 0.200. The number of aliphatic hydroxyl groups excluding tert-OH is 1. The van der Waals surface area contributed by atoms with Crippen molar-refractivity contribution in [3.8, 4) is 10.4 Å². The molecule has 5 nitrogen and oxygen atoms in total. The SMILES string of the molecule is O=c1c2cc(-c3ccccc3)sc2ncn1CC(O)COCc1cccs1. The van der Waals surface area contributed by atoms with E-state index in [-0.39, 0.29) is 18.7 Å². The van der Waals surface area contributed by atoms with Crippen LogP contribution in [0.1, 0.15) is 4.88 Å². The molecule has 0 aliphatic rings. The van der Waals surface area contributed by atoms with Gasteiger partial charge in [0, 0.05) is 9.75 Å². The van der Waals surface area contributed by atoms with Crippen LogP contribution in [0.3, 0.4) is 0 Å². The highest BCUT2D eigenvalue weighted by Crippen LogP contribution is 2.30. The first kappa shape index (κ1) is 18.1. The van der Waals surface area contributed by atoms with Crippen molar-refractivity contribution < 1.29 is 9.84 Å². The van der Waals surface area contributed by atoms with Gasteiger partial charge in [0.1, 0.15) is 4.83 Å². The van der Waals surface area contributed by atoms with Crippen LogP contribution in [0.5, 0.6) is 0 Å². The summed E-state index contributed by atoms with van der Waals surface area (Å²) in [7, 11) is 0. The number of benzene rings is 1. The van der Waals surface area contributed by atoms with Crippen molar-refractivity contribution in [1.29, 1.82) is 0 Å². The minimum Gasteiger partial charge on any atom is -0.389 e. The van der Waals surface area contributed by atoms with Gasteiger partial charge in [-0.3, -0.25) is 9.36 Å². The van der Waals surface area contributed by atoms with Crippen molar-refractivity contribution in [3.63, 3.8) is 0 Å². The van der Waals surface area contributed by atoms with E-state index in [4.69, 9.17) is 4.74 Å². The Hall–Kier alpha value is -2.32. The number of aromatic nitrogens is 2. The molecule has 3 aromatic heterocycles. The molecule has 0 spiro atoms. The zero-order valence-electron chi connectivity index (χ0n) is 14.4. The standard InChI is InChI=1S/C20H18N2O3S2/c23-15(11-25-12-16-7-4-8-26-16)10-22-13-21-19-17(20(22)24)9-18(27-19)14-5-2-1-3-6-14/h1-9,13,15,23H,10-12H2. The fourth-order valence-corrected chi connectivity index (χ4v) is 4.44. The van der Waals surface area contributed by atoms with Crippen LogP contribution in [0.4, 0.5) is 0 Å². The van der Waals surface area contributed by atoms with Crippen LogP contribution in [0.2, 0.25) is 0 Å². The van der Waals surface area contributed by atoms with Crippen LogP contribution in [0.25, 0.3) is 20.7 Å². The Balaban J connectivity index is 1.47. The third-order valence-corrected chi connectivity index (χ3v) is 6.06. The van der Waals surface area contributed by atoms with E-state index in [9.17, 15) is 9.90 Å². The minimum atomic E-state index is -0.769. The zero-order valence-corrected chi connectivity index (χ0v) is 16.1. The van der Waals surface area contributed by atoms with Crippen molar-refractivity contribution in [2.24, 2.45) is 0 Å². The summed E-state index contributed by atoms with van der Waals surface area (Å²) in [6.45, 7) is 0.788. The largest absolute Gasteiger partial charge is 0.389 e. The molecule has 0 saturated heterocycles. The summed E-state index contributed by atoms with van der Waals surface area (Å²) >= 11 is 3.11. The molecule has 1 N–H and O–H groups in total. The smallest absolute Gasteiger partial charge is 0.262 e. The van der Waals surface area contributed by atoms with Gasteiger partial charge in [-0.05, 0) is 23.1 Å². The molecule has 0 fully saturated rings. The lowest BCUT2D eigenvalue weighted by Gasteiger charge is -2.12. The topological polar surface area (TPSA) is 64.4 Å². The van der Waals surface area contributed by atoms with Crippen molar-refractivity contribution in [1.82, 2.24) is 9.55 Å². The van der Waals surface area contributed by atoms with E-state index in [1.807, 2.05) is 53.9 Å². The second-order valence-electron chi connectivity index (χ2n) is 6.15. The number of thiophene rings is 2. The van der Waals surface area contributed by atoms with E-state index >= 15 is 0 Å². The minimum absolute atomic E-state index is 0.143. The summed E-state index contributed by atoms with van der Waals surface area (Å²) in [5, 5.41) is 12.8. The summed E-state index contributed by atoms with van der Waals surface area (Å²) in [5.74, 6) is 0. The van der Waals surface area contributed by atoms with Crippen molar-refractivity contribution in [3.05, 3.63) is 75.5 Å². The quantitative estimate of drug-likeness (QED) is 0.515. The monoisotopic (exact) mass is 398 g/mol. The highest BCUT2D eigenvalue weighted by atomic mass is 32.1. The first-order chi connectivity index (χ1) is 13.2. The zero-order chi connectivity index (χ0) is 18.6. The third kappa shape index (κ3) is 4.17. The summed E-state index contributed by atoms with van der Waals surface area (Å²) in [6.07, 6.45) is 0.729. The Morgan fingerprint density at radius 2 is 2.04 bits per heavy atom. The van der Waals surface area contributed by atoms with E-state index in [0.717, 1.165) is 15.3 Å². The predicted molar refractivity (Wildman–Crippen MR) is 109 cm³/mol. The molecule has 4 aromatic rings. The summed E-state index contributed by atoms with van der Waals surface area (Å²) < 4.78 is 6.98. The summed E-state index contributed by atoms with van der Waals surface area (Å²) in [4.78, 5) is 20.0. The molecule has 0 bridgehead atoms. The maximum atomic E-state index is 12.7. The van der Waals surface area contributed by atoms with Gasteiger partial charge in [-0.25, -0.2) is 4.98 Å². The van der Waals surface area contributed by atoms with Crippen LogP contribution in [0.15, 0.2) is 65.0 Å². The third-order valence-electron chi connectivity index (χ3n) is 4.12. The number of nitrogens with zero attached hydrogens (tertiary/aromatic N) is 2. The highest BCUT2D eigenvalue weighted by Gasteiger charge is 2.13. The van der Waals surface area contributed by atoms with Crippen molar-refractivity contribution in [2.45, 2.75) is 19.3 Å². The number of aliphatic hydroxyl groups is 1. The lowest BCUT2D eigenvalue weighted by Crippen LogP contribution is -2.29. The van der Waals surface area contributed by atoms with Gasteiger partial charge in [0.25, 0.3) is 5.56 Å². The van der Waals surface area contributed by atoms with E-state index in [0.29, 0.717) is 16.8 Å². The number of rotatable bonds is 7. The highest BCUT2D eigenvalue weighted by molar-refractivity contribution is 7.21. The Kier molecular flexibility index (Phi) is 5.45. The van der Waals surface area contributed by atoms with Gasteiger partial charge in [0.05, 0.1) is 37.6 Å². The van der Waals surface area contributed by atoms with E-state index in [1.165, 1.54) is 22.2 Å². The molecular formula is C20H18N2O3S2. The van der Waals surface area contributed by atoms with Gasteiger partial charge in [-0.2, -0.15) is 0 Å².